The normalized spacial score (nSPS) is 14.4. The number of phosphoric ester groups is 1. The minimum absolute atomic E-state index is 0.0118. The highest BCUT2D eigenvalue weighted by molar-refractivity contribution is 7.47. The van der Waals surface area contributed by atoms with Crippen molar-refractivity contribution in [3.8, 4) is 0 Å². The summed E-state index contributed by atoms with van der Waals surface area (Å²) < 4.78 is 33.2. The van der Waals surface area contributed by atoms with Gasteiger partial charge in [-0.1, -0.05) is 153 Å². The molecule has 10 nitrogen and oxygen atoms in total. The molecule has 0 rings (SSSR count). The van der Waals surface area contributed by atoms with Crippen LogP contribution < -0.4 is 5.73 Å². The van der Waals surface area contributed by atoms with Gasteiger partial charge >= 0.3 is 19.8 Å². The number of carboxylic acids is 1. The van der Waals surface area contributed by atoms with Gasteiger partial charge in [0.05, 0.1) is 19.8 Å². The van der Waals surface area contributed by atoms with Crippen LogP contribution in [0.15, 0.2) is 36.5 Å². The number of hydrogen-bond acceptors (Lipinski definition) is 8. The topological polar surface area (TPSA) is 155 Å². The van der Waals surface area contributed by atoms with Crippen molar-refractivity contribution in [3.63, 3.8) is 0 Å². The maximum atomic E-state index is 12.5. The Labute approximate surface area is 317 Å². The Morgan fingerprint density at radius 3 is 1.62 bits per heavy atom. The third kappa shape index (κ3) is 36.5. The Bertz CT molecular complexity index is 972. The van der Waals surface area contributed by atoms with Crippen LogP contribution in [0.2, 0.25) is 0 Å². The van der Waals surface area contributed by atoms with E-state index in [1.54, 1.807) is 0 Å². The molecule has 11 heteroatoms. The Balaban J connectivity index is 4.22. The molecule has 0 saturated carbocycles. The number of phosphoric acid groups is 1. The van der Waals surface area contributed by atoms with Gasteiger partial charge in [0.15, 0.2) is 0 Å². The van der Waals surface area contributed by atoms with Gasteiger partial charge in [0.1, 0.15) is 12.1 Å². The van der Waals surface area contributed by atoms with Crippen molar-refractivity contribution in [3.05, 3.63) is 36.5 Å². The van der Waals surface area contributed by atoms with Crippen molar-refractivity contribution >= 4 is 19.8 Å². The molecule has 0 amide bonds. The molecule has 304 valence electrons. The number of unbranched alkanes of at least 4 members (excludes halogenated alkanes) is 19. The first kappa shape index (κ1) is 50.2. The highest BCUT2D eigenvalue weighted by Gasteiger charge is 2.27. The fourth-order valence-corrected chi connectivity index (χ4v) is 6.21. The van der Waals surface area contributed by atoms with Gasteiger partial charge in [0, 0.05) is 13.0 Å². The first-order valence-electron chi connectivity index (χ1n) is 20.5. The third-order valence-corrected chi connectivity index (χ3v) is 9.62. The number of allylic oxidation sites excluding steroid dienone is 6. The van der Waals surface area contributed by atoms with Gasteiger partial charge in [-0.05, 0) is 51.4 Å². The molecule has 0 radical (unpaired) electrons. The lowest BCUT2D eigenvalue weighted by molar-refractivity contribution is -0.154. The summed E-state index contributed by atoms with van der Waals surface area (Å²) in [5, 5.41) is 8.87. The Kier molecular flexibility index (Phi) is 36.2. The van der Waals surface area contributed by atoms with E-state index < -0.39 is 45.1 Å². The van der Waals surface area contributed by atoms with Crippen molar-refractivity contribution in [2.24, 2.45) is 5.73 Å². The van der Waals surface area contributed by atoms with Crippen LogP contribution >= 0.6 is 7.82 Å². The van der Waals surface area contributed by atoms with E-state index >= 15 is 0 Å². The van der Waals surface area contributed by atoms with Crippen molar-refractivity contribution in [1.82, 2.24) is 0 Å². The molecule has 0 bridgehead atoms. The number of ether oxygens (including phenoxy) is 2. The second kappa shape index (κ2) is 37.5. The molecule has 0 aromatic heterocycles. The molecule has 3 unspecified atom stereocenters. The Morgan fingerprint density at radius 1 is 0.615 bits per heavy atom. The first-order valence-corrected chi connectivity index (χ1v) is 22.0. The summed E-state index contributed by atoms with van der Waals surface area (Å²) in [4.78, 5) is 33.4. The summed E-state index contributed by atoms with van der Waals surface area (Å²) in [6, 6.07) is -1.47. The van der Waals surface area contributed by atoms with Crippen molar-refractivity contribution < 1.29 is 42.7 Å². The number of aliphatic carboxylic acids is 1. The molecule has 0 heterocycles. The van der Waals surface area contributed by atoms with E-state index in [1.807, 2.05) is 0 Å². The monoisotopic (exact) mass is 758 g/mol. The Hall–Kier alpha value is -1.81. The van der Waals surface area contributed by atoms with Crippen LogP contribution in [0.4, 0.5) is 0 Å². The highest BCUT2D eigenvalue weighted by Crippen LogP contribution is 2.43. The zero-order valence-electron chi connectivity index (χ0n) is 32.9. The zero-order chi connectivity index (χ0) is 38.4. The van der Waals surface area contributed by atoms with E-state index in [1.165, 1.54) is 89.9 Å². The molecule has 4 N–H and O–H groups in total. The van der Waals surface area contributed by atoms with E-state index in [9.17, 15) is 19.0 Å². The van der Waals surface area contributed by atoms with Crippen molar-refractivity contribution in [2.75, 3.05) is 26.4 Å². The summed E-state index contributed by atoms with van der Waals surface area (Å²) in [7, 11) is -4.61. The zero-order valence-corrected chi connectivity index (χ0v) is 33.8. The summed E-state index contributed by atoms with van der Waals surface area (Å²) in [5.41, 5.74) is 5.34. The fourth-order valence-electron chi connectivity index (χ4n) is 5.43. The maximum Gasteiger partial charge on any atom is 0.472 e. The van der Waals surface area contributed by atoms with E-state index in [0.717, 1.165) is 57.8 Å². The predicted octanol–water partition coefficient (Wildman–Crippen LogP) is 10.9. The van der Waals surface area contributed by atoms with Gasteiger partial charge in [-0.2, -0.15) is 0 Å². The summed E-state index contributed by atoms with van der Waals surface area (Å²) in [5.74, 6) is -1.78. The second-order valence-electron chi connectivity index (χ2n) is 13.8. The molecular formula is C41H76NO9P. The smallest absolute Gasteiger partial charge is 0.472 e. The fraction of sp³-hybridized carbons (Fsp3) is 0.805. The molecule has 0 aliphatic carbocycles. The van der Waals surface area contributed by atoms with Crippen LogP contribution in [0.3, 0.4) is 0 Å². The molecular weight excluding hydrogens is 681 g/mol. The van der Waals surface area contributed by atoms with Gasteiger partial charge in [0.2, 0.25) is 0 Å². The summed E-state index contributed by atoms with van der Waals surface area (Å²) >= 11 is 0. The van der Waals surface area contributed by atoms with Crippen LogP contribution in [0.25, 0.3) is 0 Å². The van der Waals surface area contributed by atoms with Gasteiger partial charge < -0.3 is 25.2 Å². The number of nitrogens with two attached hydrogens (primary N) is 1. The highest BCUT2D eigenvalue weighted by atomic mass is 31.2. The number of esters is 1. The largest absolute Gasteiger partial charge is 0.480 e. The van der Waals surface area contributed by atoms with Crippen molar-refractivity contribution in [1.29, 1.82) is 0 Å². The summed E-state index contributed by atoms with van der Waals surface area (Å²) in [6.45, 7) is 3.81. The van der Waals surface area contributed by atoms with Crippen LogP contribution in [0.5, 0.6) is 0 Å². The lowest BCUT2D eigenvalue weighted by Crippen LogP contribution is -2.34. The molecule has 0 saturated heterocycles. The molecule has 0 aliphatic heterocycles. The SMILES string of the molecule is CCCCC/C=C\C/C=C\C/C=C\CCCCCCCCCOCC(COP(=O)(O)OCC(N)C(=O)O)OC(=O)CCCCCCCCCCCC. The molecule has 0 spiro atoms. The molecule has 0 aromatic rings. The summed E-state index contributed by atoms with van der Waals surface area (Å²) in [6.07, 6.45) is 40.5. The maximum absolute atomic E-state index is 12.5. The third-order valence-electron chi connectivity index (χ3n) is 8.67. The molecule has 0 fully saturated rings. The van der Waals surface area contributed by atoms with Gasteiger partial charge in [0.25, 0.3) is 0 Å². The van der Waals surface area contributed by atoms with Crippen LogP contribution in [-0.2, 0) is 32.7 Å². The number of rotatable bonds is 39. The van der Waals surface area contributed by atoms with Crippen LogP contribution in [0, 0.1) is 0 Å². The molecule has 3 atom stereocenters. The Morgan fingerprint density at radius 2 is 1.06 bits per heavy atom. The van der Waals surface area contributed by atoms with Crippen LogP contribution in [-0.4, -0.2) is 60.5 Å². The quantitative estimate of drug-likeness (QED) is 0.0239. The first-order chi connectivity index (χ1) is 25.2. The number of carbonyl (C=O) groups is 2. The van der Waals surface area contributed by atoms with Gasteiger partial charge in [-0.15, -0.1) is 0 Å². The lowest BCUT2D eigenvalue weighted by Gasteiger charge is -2.20. The van der Waals surface area contributed by atoms with E-state index in [0.29, 0.717) is 13.0 Å². The molecule has 0 aliphatic rings. The van der Waals surface area contributed by atoms with E-state index in [4.69, 9.17) is 29.4 Å². The van der Waals surface area contributed by atoms with Crippen LogP contribution in [0.1, 0.15) is 174 Å². The average Bonchev–Trinajstić information content (AvgIpc) is 3.12. The van der Waals surface area contributed by atoms with E-state index in [2.05, 4.69) is 50.3 Å². The van der Waals surface area contributed by atoms with Crippen molar-refractivity contribution in [2.45, 2.75) is 187 Å². The molecule has 0 aromatic carbocycles. The minimum Gasteiger partial charge on any atom is -0.480 e. The minimum atomic E-state index is -4.61. The average molecular weight is 758 g/mol. The number of carboxylic acid groups (broad SMARTS) is 1. The number of carbonyl (C=O) groups excluding carboxylic acids is 1. The standard InChI is InChI=1S/C41H76NO9P/c1-3-5-7-9-11-13-15-16-17-18-19-20-21-22-23-24-26-28-30-32-34-48-35-38(36-49-52(46,47)50-37-39(42)41(44)45)51-40(43)33-31-29-27-25-14-12-10-8-6-4-2/h11,13,16-17,19-20,38-39H,3-10,12,14-15,18,21-37,42H2,1-2H3,(H,44,45)(H,46,47)/b13-11-,17-16-,20-19-. The molecule has 52 heavy (non-hydrogen) atoms. The number of hydrogen-bond donors (Lipinski definition) is 3. The van der Waals surface area contributed by atoms with Gasteiger partial charge in [-0.3, -0.25) is 18.6 Å². The second-order valence-corrected chi connectivity index (χ2v) is 15.2. The lowest BCUT2D eigenvalue weighted by atomic mass is 10.1. The van der Waals surface area contributed by atoms with E-state index in [-0.39, 0.29) is 13.0 Å². The predicted molar refractivity (Wildman–Crippen MR) is 212 cm³/mol. The van der Waals surface area contributed by atoms with Gasteiger partial charge in [-0.25, -0.2) is 4.57 Å².